The van der Waals surface area contributed by atoms with E-state index in [9.17, 15) is 38.4 Å². The summed E-state index contributed by atoms with van der Waals surface area (Å²) in [5.41, 5.74) is 6.47. The molecule has 2 rings (SSSR count). The molecule has 8 atom stereocenters. The Morgan fingerprint density at radius 2 is 0.836 bits per heavy atom. The van der Waals surface area contributed by atoms with Crippen molar-refractivity contribution in [3.05, 3.63) is 35.9 Å². The summed E-state index contributed by atoms with van der Waals surface area (Å²) in [6, 6.07) is -0.141. The Morgan fingerprint density at radius 1 is 0.459 bits per heavy atom. The zero-order chi connectivity index (χ0) is 46.1. The topological polar surface area (TPSA) is 259 Å². The predicted octanol–water partition coefficient (Wildman–Crippen LogP) is 0.940. The van der Waals surface area contributed by atoms with Crippen molar-refractivity contribution in [1.82, 2.24) is 42.5 Å². The first-order valence-electron chi connectivity index (χ1n) is 21.7. The summed E-state index contributed by atoms with van der Waals surface area (Å²) in [6.07, 6.45) is 1.42. The summed E-state index contributed by atoms with van der Waals surface area (Å²) in [5, 5.41) is 22.0. The summed E-state index contributed by atoms with van der Waals surface area (Å²) in [4.78, 5) is 111. The molecule has 0 bridgehead atoms. The third-order valence-corrected chi connectivity index (χ3v) is 10.6. The van der Waals surface area contributed by atoms with Gasteiger partial charge in [-0.1, -0.05) is 99.6 Å². The van der Waals surface area contributed by atoms with Crippen molar-refractivity contribution < 1.29 is 38.4 Å². The van der Waals surface area contributed by atoms with Gasteiger partial charge in [0.2, 0.25) is 47.3 Å². The van der Waals surface area contributed by atoms with Crippen LogP contribution in [0.25, 0.3) is 0 Å². The Balaban J connectivity index is 2.72. The number of hydrogen-bond donors (Lipinski definition) is 9. The number of carbonyl (C=O) groups excluding carboxylic acids is 8. The van der Waals surface area contributed by atoms with Crippen LogP contribution in [-0.4, -0.2) is 102 Å². The van der Waals surface area contributed by atoms with Gasteiger partial charge in [-0.05, 0) is 74.3 Å². The third kappa shape index (κ3) is 16.7. The van der Waals surface area contributed by atoms with Crippen molar-refractivity contribution in [2.75, 3.05) is 6.54 Å². The van der Waals surface area contributed by atoms with Gasteiger partial charge >= 0.3 is 0 Å². The van der Waals surface area contributed by atoms with Gasteiger partial charge in [0.1, 0.15) is 48.3 Å². The zero-order valence-electron chi connectivity index (χ0n) is 38.0. The van der Waals surface area contributed by atoms with E-state index < -0.39 is 119 Å². The van der Waals surface area contributed by atoms with E-state index in [4.69, 9.17) is 5.73 Å². The van der Waals surface area contributed by atoms with Crippen LogP contribution >= 0.6 is 0 Å². The van der Waals surface area contributed by atoms with Crippen molar-refractivity contribution in [2.45, 2.75) is 157 Å². The lowest BCUT2D eigenvalue weighted by Crippen LogP contribution is -2.63. The highest BCUT2D eigenvalue weighted by atomic mass is 16.2. The monoisotopic (exact) mass is 856 g/mol. The summed E-state index contributed by atoms with van der Waals surface area (Å²) < 4.78 is 0. The maximum atomic E-state index is 14.2. The molecule has 0 saturated carbocycles. The first-order valence-corrected chi connectivity index (χ1v) is 21.7. The molecule has 61 heavy (non-hydrogen) atoms. The van der Waals surface area contributed by atoms with Gasteiger partial charge < -0.3 is 48.3 Å². The predicted molar refractivity (Wildman–Crippen MR) is 233 cm³/mol. The molecule has 0 radical (unpaired) electrons. The molecule has 1 aliphatic heterocycles. The Kier molecular flexibility index (Phi) is 21.4. The first kappa shape index (κ1) is 52.1. The SMILES string of the molecule is CC(C)CC1NC(=O)C(Cc2ccccc2)NC(=O)C(C(C)C)NC(=O)C(CCCCN)NC(=O)C(C(C)C)NC(=O)C(C(C)C)NC(=O)C(C)NC(=O)C(C(C)C)NC1=O. The summed E-state index contributed by atoms with van der Waals surface area (Å²) >= 11 is 0. The standard InChI is InChI=1S/C44H73N9O8/c1-23(2)21-31-40(57)52-33(24(3)4)41(58)46-28(11)37(54)50-36(27(9)10)44(61)53-35(26(7)8)42(59)47-30(19-15-16-20-45)38(55)51-34(25(5)6)43(60)49-32(39(56)48-31)22-29-17-13-12-14-18-29/h12-14,17-18,23-28,30-36H,15-16,19-22,45H2,1-11H3,(H,46,58)(H,47,59)(H,48,56)(H,49,60)(H,50,54)(H,51,55)(H,52,57)(H,53,61). The van der Waals surface area contributed by atoms with Gasteiger partial charge in [-0.3, -0.25) is 38.4 Å². The number of carbonyl (C=O) groups is 8. The highest BCUT2D eigenvalue weighted by molar-refractivity contribution is 5.99. The van der Waals surface area contributed by atoms with Gasteiger partial charge in [0.15, 0.2) is 0 Å². The Morgan fingerprint density at radius 3 is 1.30 bits per heavy atom. The largest absolute Gasteiger partial charge is 0.343 e. The van der Waals surface area contributed by atoms with E-state index in [1.165, 1.54) is 6.92 Å². The number of nitrogens with two attached hydrogens (primary N) is 1. The van der Waals surface area contributed by atoms with E-state index in [2.05, 4.69) is 42.5 Å². The van der Waals surface area contributed by atoms with Crippen molar-refractivity contribution >= 4 is 47.3 Å². The van der Waals surface area contributed by atoms with Crippen LogP contribution in [0.5, 0.6) is 0 Å². The van der Waals surface area contributed by atoms with Gasteiger partial charge in [-0.2, -0.15) is 0 Å². The molecule has 0 aliphatic carbocycles. The molecule has 8 unspecified atom stereocenters. The van der Waals surface area contributed by atoms with Crippen LogP contribution in [0, 0.1) is 29.6 Å². The second kappa shape index (κ2) is 25.0. The van der Waals surface area contributed by atoms with E-state index in [0.717, 1.165) is 5.56 Å². The molecule has 1 aliphatic rings. The van der Waals surface area contributed by atoms with Gasteiger partial charge in [0.25, 0.3) is 0 Å². The van der Waals surface area contributed by atoms with Crippen molar-refractivity contribution in [2.24, 2.45) is 35.3 Å². The highest BCUT2D eigenvalue weighted by Gasteiger charge is 2.37. The molecule has 1 aromatic carbocycles. The highest BCUT2D eigenvalue weighted by Crippen LogP contribution is 2.14. The lowest BCUT2D eigenvalue weighted by molar-refractivity contribution is -0.137. The second-order valence-electron chi connectivity index (χ2n) is 17.9. The van der Waals surface area contributed by atoms with E-state index in [0.29, 0.717) is 19.4 Å². The van der Waals surface area contributed by atoms with Gasteiger partial charge in [0.05, 0.1) is 0 Å². The van der Waals surface area contributed by atoms with Gasteiger partial charge in [-0.25, -0.2) is 0 Å². The van der Waals surface area contributed by atoms with Crippen molar-refractivity contribution in [1.29, 1.82) is 0 Å². The molecule has 1 saturated heterocycles. The number of benzene rings is 1. The number of nitrogens with one attached hydrogen (secondary N) is 8. The van der Waals surface area contributed by atoms with Crippen molar-refractivity contribution in [3.63, 3.8) is 0 Å². The number of amides is 8. The smallest absolute Gasteiger partial charge is 0.243 e. The molecule has 17 heteroatoms. The summed E-state index contributed by atoms with van der Waals surface area (Å²) in [6.45, 7) is 19.3. The van der Waals surface area contributed by atoms with Crippen LogP contribution in [0.1, 0.15) is 107 Å². The summed E-state index contributed by atoms with van der Waals surface area (Å²) in [7, 11) is 0. The molecule has 17 nitrogen and oxygen atoms in total. The average molecular weight is 856 g/mol. The first-order chi connectivity index (χ1) is 28.6. The van der Waals surface area contributed by atoms with E-state index in [1.54, 1.807) is 79.7 Å². The molecule has 1 heterocycles. The third-order valence-electron chi connectivity index (χ3n) is 10.6. The van der Waals surface area contributed by atoms with Crippen LogP contribution < -0.4 is 48.3 Å². The minimum Gasteiger partial charge on any atom is -0.343 e. The lowest BCUT2D eigenvalue weighted by atomic mass is 9.97. The quantitative estimate of drug-likeness (QED) is 0.135. The molecular formula is C44H73N9O8. The number of unbranched alkanes of at least 4 members (excludes halogenated alkanes) is 1. The van der Waals surface area contributed by atoms with Crippen LogP contribution in [0.4, 0.5) is 0 Å². The molecule has 8 amide bonds. The second-order valence-corrected chi connectivity index (χ2v) is 17.9. The molecular weight excluding hydrogens is 783 g/mol. The zero-order valence-corrected chi connectivity index (χ0v) is 38.0. The summed E-state index contributed by atoms with van der Waals surface area (Å²) in [5.74, 6) is -7.16. The normalized spacial score (nSPS) is 26.2. The van der Waals surface area contributed by atoms with Crippen molar-refractivity contribution in [3.8, 4) is 0 Å². The Bertz CT molecular complexity index is 1650. The molecule has 10 N–H and O–H groups in total. The van der Waals surface area contributed by atoms with Gasteiger partial charge in [0, 0.05) is 6.42 Å². The maximum absolute atomic E-state index is 14.2. The van der Waals surface area contributed by atoms with E-state index >= 15 is 0 Å². The molecule has 1 fully saturated rings. The molecule has 342 valence electrons. The van der Waals surface area contributed by atoms with Crippen LogP contribution in [-0.2, 0) is 44.8 Å². The fourth-order valence-electron chi connectivity index (χ4n) is 6.86. The molecule has 0 spiro atoms. The fraction of sp³-hybridized carbons (Fsp3) is 0.682. The average Bonchev–Trinajstić information content (AvgIpc) is 3.17. The molecule has 0 aromatic heterocycles. The Labute approximate surface area is 361 Å². The number of rotatable bonds is 12. The van der Waals surface area contributed by atoms with Crippen LogP contribution in [0.2, 0.25) is 0 Å². The van der Waals surface area contributed by atoms with E-state index in [1.807, 2.05) is 19.9 Å². The Hall–Kier alpha value is -5.06. The number of hydrogen-bond acceptors (Lipinski definition) is 9. The maximum Gasteiger partial charge on any atom is 0.243 e. The van der Waals surface area contributed by atoms with E-state index in [-0.39, 0.29) is 25.2 Å². The minimum atomic E-state index is -1.20. The molecule has 1 aromatic rings. The minimum absolute atomic E-state index is 0.0436. The fourth-order valence-corrected chi connectivity index (χ4v) is 6.86. The van der Waals surface area contributed by atoms with Gasteiger partial charge in [-0.15, -0.1) is 0 Å². The van der Waals surface area contributed by atoms with Crippen LogP contribution in [0.3, 0.4) is 0 Å². The van der Waals surface area contributed by atoms with Crippen LogP contribution in [0.15, 0.2) is 30.3 Å². The lowest BCUT2D eigenvalue weighted by Gasteiger charge is -2.31.